The molecule has 0 aliphatic carbocycles. The predicted molar refractivity (Wildman–Crippen MR) is 117 cm³/mol. The number of carbonyl (C=O) groups excluding carboxylic acids is 1. The summed E-state index contributed by atoms with van der Waals surface area (Å²) in [5.41, 5.74) is -1.28. The lowest BCUT2D eigenvalue weighted by Crippen LogP contribution is -2.29. The molecule has 0 aliphatic rings. The van der Waals surface area contributed by atoms with Crippen LogP contribution in [0.4, 0.5) is 17.6 Å². The molecule has 7 nitrogen and oxygen atoms in total. The topological polar surface area (TPSA) is 97.2 Å². The van der Waals surface area contributed by atoms with Crippen molar-refractivity contribution in [3.63, 3.8) is 0 Å². The number of aromatic nitrogens is 3. The maximum absolute atomic E-state index is 15.4. The Morgan fingerprint density at radius 3 is 2.35 bits per heavy atom. The molecular formula is C22H22F4N4O3S. The van der Waals surface area contributed by atoms with Crippen LogP contribution in [-0.4, -0.2) is 38.2 Å². The number of hydrogen-bond donors (Lipinski definition) is 2. The van der Waals surface area contributed by atoms with E-state index in [1.807, 2.05) is 0 Å². The summed E-state index contributed by atoms with van der Waals surface area (Å²) in [4.78, 5) is 24.5. The Kier molecular flexibility index (Phi) is 7.22. The van der Waals surface area contributed by atoms with Crippen LogP contribution in [0.25, 0.3) is 10.6 Å². The monoisotopic (exact) mass is 498 g/mol. The molecule has 34 heavy (non-hydrogen) atoms. The molecule has 3 aromatic rings. The lowest BCUT2D eigenvalue weighted by atomic mass is 10.1. The van der Waals surface area contributed by atoms with Gasteiger partial charge in [0.1, 0.15) is 23.2 Å². The van der Waals surface area contributed by atoms with Crippen LogP contribution in [0.1, 0.15) is 53.4 Å². The third kappa shape index (κ3) is 6.26. The zero-order chi connectivity index (χ0) is 25.3. The van der Waals surface area contributed by atoms with E-state index >= 15 is 4.39 Å². The minimum absolute atomic E-state index is 0.0435. The number of carbonyl (C=O) groups is 1. The molecule has 1 amide bonds. The van der Waals surface area contributed by atoms with Crippen LogP contribution < -0.4 is 10.1 Å². The molecule has 0 saturated heterocycles. The van der Waals surface area contributed by atoms with Crippen LogP contribution in [0.5, 0.6) is 5.75 Å². The second kappa shape index (κ2) is 9.63. The van der Waals surface area contributed by atoms with Crippen LogP contribution >= 0.6 is 11.3 Å². The Balaban J connectivity index is 1.91. The van der Waals surface area contributed by atoms with E-state index in [1.165, 1.54) is 44.2 Å². The molecule has 2 heterocycles. The average Bonchev–Trinajstić information content (AvgIpc) is 3.17. The lowest BCUT2D eigenvalue weighted by Gasteiger charge is -2.19. The van der Waals surface area contributed by atoms with Crippen molar-refractivity contribution in [3.05, 3.63) is 58.4 Å². The fourth-order valence-corrected chi connectivity index (χ4v) is 3.58. The van der Waals surface area contributed by atoms with Crippen LogP contribution in [0.2, 0.25) is 0 Å². The third-order valence-electron chi connectivity index (χ3n) is 4.51. The van der Waals surface area contributed by atoms with Crippen molar-refractivity contribution >= 4 is 17.2 Å². The van der Waals surface area contributed by atoms with Crippen molar-refractivity contribution in [2.45, 2.75) is 45.5 Å². The maximum Gasteiger partial charge on any atom is 0.451 e. The molecule has 182 valence electrons. The first-order valence-corrected chi connectivity index (χ1v) is 10.9. The number of benzene rings is 1. The number of rotatable bonds is 7. The van der Waals surface area contributed by atoms with Crippen LogP contribution in [0.3, 0.4) is 0 Å². The summed E-state index contributed by atoms with van der Waals surface area (Å²) in [5.74, 6) is -2.82. The highest BCUT2D eigenvalue weighted by Gasteiger charge is 2.34. The van der Waals surface area contributed by atoms with Gasteiger partial charge in [-0.1, -0.05) is 0 Å². The predicted octanol–water partition coefficient (Wildman–Crippen LogP) is 4.71. The van der Waals surface area contributed by atoms with Crippen molar-refractivity contribution in [3.8, 4) is 16.3 Å². The first-order chi connectivity index (χ1) is 15.7. The summed E-state index contributed by atoms with van der Waals surface area (Å²) >= 11 is 1.23. The quantitative estimate of drug-likeness (QED) is 0.458. The molecule has 0 saturated carbocycles. The van der Waals surface area contributed by atoms with Gasteiger partial charge >= 0.3 is 6.18 Å². The van der Waals surface area contributed by atoms with Gasteiger partial charge < -0.3 is 15.2 Å². The Labute approximate surface area is 196 Å². The molecular weight excluding hydrogens is 476 g/mol. The zero-order valence-corrected chi connectivity index (χ0v) is 19.5. The Hall–Kier alpha value is -3.12. The summed E-state index contributed by atoms with van der Waals surface area (Å²) in [5, 5.41) is 12.8. The summed E-state index contributed by atoms with van der Waals surface area (Å²) in [6.45, 7) is 6.25. The number of alkyl halides is 3. The van der Waals surface area contributed by atoms with E-state index in [0.717, 1.165) is 17.3 Å². The summed E-state index contributed by atoms with van der Waals surface area (Å²) in [6, 6.07) is 1.76. The number of halogens is 4. The van der Waals surface area contributed by atoms with E-state index in [1.54, 1.807) is 13.1 Å². The summed E-state index contributed by atoms with van der Waals surface area (Å²) in [6.07, 6.45) is -1.23. The first kappa shape index (κ1) is 25.5. The van der Waals surface area contributed by atoms with Crippen molar-refractivity contribution in [2.24, 2.45) is 0 Å². The molecule has 0 spiro atoms. The molecule has 2 aromatic heterocycles. The van der Waals surface area contributed by atoms with Crippen LogP contribution in [0, 0.1) is 12.7 Å². The van der Waals surface area contributed by atoms with E-state index in [-0.39, 0.29) is 29.0 Å². The lowest BCUT2D eigenvalue weighted by molar-refractivity contribution is -0.145. The molecule has 1 aromatic carbocycles. The molecule has 0 radical (unpaired) electrons. The maximum atomic E-state index is 15.4. The normalized spacial score (nSPS) is 13.0. The van der Waals surface area contributed by atoms with E-state index in [2.05, 4.69) is 20.3 Å². The number of thiazole rings is 1. The second-order valence-corrected chi connectivity index (χ2v) is 9.48. The van der Waals surface area contributed by atoms with Gasteiger partial charge in [-0.25, -0.2) is 19.3 Å². The Bertz CT molecular complexity index is 1170. The van der Waals surface area contributed by atoms with Gasteiger partial charge in [0.15, 0.2) is 0 Å². The fourth-order valence-electron chi connectivity index (χ4n) is 2.81. The fraction of sp³-hybridized carbons (Fsp3) is 0.364. The van der Waals surface area contributed by atoms with E-state index in [4.69, 9.17) is 4.74 Å². The molecule has 0 fully saturated rings. The summed E-state index contributed by atoms with van der Waals surface area (Å²) < 4.78 is 59.0. The van der Waals surface area contributed by atoms with Crippen molar-refractivity contribution < 1.29 is 32.2 Å². The minimum Gasteiger partial charge on any atom is -0.491 e. The van der Waals surface area contributed by atoms with Gasteiger partial charge in [-0.3, -0.25) is 4.79 Å². The second-order valence-electron chi connectivity index (χ2n) is 8.24. The number of ether oxygens (including phenoxy) is 1. The molecule has 12 heteroatoms. The first-order valence-electron chi connectivity index (χ1n) is 10.1. The number of aliphatic hydroxyl groups is 1. The van der Waals surface area contributed by atoms with Crippen LogP contribution in [-0.2, 0) is 6.18 Å². The van der Waals surface area contributed by atoms with Gasteiger partial charge in [0, 0.05) is 29.0 Å². The Morgan fingerprint density at radius 1 is 1.18 bits per heavy atom. The van der Waals surface area contributed by atoms with E-state index in [0.29, 0.717) is 5.01 Å². The van der Waals surface area contributed by atoms with Crippen LogP contribution in [0.15, 0.2) is 30.7 Å². The van der Waals surface area contributed by atoms with E-state index in [9.17, 15) is 23.1 Å². The van der Waals surface area contributed by atoms with Crippen molar-refractivity contribution in [1.82, 2.24) is 20.3 Å². The molecule has 1 atom stereocenters. The number of nitrogens with one attached hydrogen (secondary N) is 1. The standard InChI is InChI=1S/C22H22F4N4O3S/c1-11-7-27-19(34-11)16-6-14(33-10-21(3,4)32)5-15(17(16)23)18(31)30-12(2)13-8-28-20(29-9-13)22(24,25)26/h5-9,12,32H,10H2,1-4H3,(H,30,31). The third-order valence-corrected chi connectivity index (χ3v) is 5.45. The van der Waals surface area contributed by atoms with Gasteiger partial charge in [0.2, 0.25) is 5.82 Å². The molecule has 2 N–H and O–H groups in total. The highest BCUT2D eigenvalue weighted by atomic mass is 32.1. The SMILES string of the molecule is Cc1cnc(-c2cc(OCC(C)(C)O)cc(C(=O)NC(C)c3cnc(C(F)(F)F)nc3)c2F)s1. The highest BCUT2D eigenvalue weighted by molar-refractivity contribution is 7.14. The zero-order valence-electron chi connectivity index (χ0n) is 18.7. The number of hydrogen-bond acceptors (Lipinski definition) is 7. The van der Waals surface area contributed by atoms with Gasteiger partial charge in [0.25, 0.3) is 5.91 Å². The molecule has 1 unspecified atom stereocenters. The molecule has 0 bridgehead atoms. The average molecular weight is 499 g/mol. The highest BCUT2D eigenvalue weighted by Crippen LogP contribution is 2.33. The number of amides is 1. The number of nitrogens with zero attached hydrogens (tertiary/aromatic N) is 3. The smallest absolute Gasteiger partial charge is 0.451 e. The summed E-state index contributed by atoms with van der Waals surface area (Å²) in [7, 11) is 0. The van der Waals surface area contributed by atoms with Gasteiger partial charge in [-0.15, -0.1) is 11.3 Å². The molecule has 0 aliphatic heterocycles. The number of aryl methyl sites for hydroxylation is 1. The van der Waals surface area contributed by atoms with Gasteiger partial charge in [-0.2, -0.15) is 13.2 Å². The van der Waals surface area contributed by atoms with Crippen molar-refractivity contribution in [2.75, 3.05) is 6.61 Å². The largest absolute Gasteiger partial charge is 0.491 e. The van der Waals surface area contributed by atoms with Gasteiger partial charge in [0.05, 0.1) is 22.8 Å². The van der Waals surface area contributed by atoms with E-state index < -0.39 is 35.4 Å². The minimum atomic E-state index is -4.69. The molecule has 3 rings (SSSR count). The van der Waals surface area contributed by atoms with Crippen molar-refractivity contribution in [1.29, 1.82) is 0 Å². The Morgan fingerprint density at radius 2 is 1.82 bits per heavy atom. The van der Waals surface area contributed by atoms with Gasteiger partial charge in [-0.05, 0) is 39.8 Å².